The molecule has 1 unspecified atom stereocenters. The summed E-state index contributed by atoms with van der Waals surface area (Å²) in [6.45, 7) is 6.04. The molecule has 116 valence electrons. The number of hydrogen-bond acceptors (Lipinski definition) is 4. The molecule has 0 aromatic heterocycles. The van der Waals surface area contributed by atoms with Gasteiger partial charge in [0.1, 0.15) is 11.1 Å². The lowest BCUT2D eigenvalue weighted by Gasteiger charge is -2.24. The van der Waals surface area contributed by atoms with Crippen LogP contribution in [0.25, 0.3) is 0 Å². The van der Waals surface area contributed by atoms with Crippen molar-refractivity contribution in [1.82, 2.24) is 5.32 Å². The third-order valence-corrected chi connectivity index (χ3v) is 3.94. The first-order valence-electron chi connectivity index (χ1n) is 7.13. The van der Waals surface area contributed by atoms with E-state index in [0.717, 1.165) is 17.7 Å². The molecule has 1 atom stereocenters. The Kier molecular flexibility index (Phi) is 4.14. The smallest absolute Gasteiger partial charge is 0.323 e. The molecule has 0 saturated carbocycles. The van der Waals surface area contributed by atoms with Gasteiger partial charge in [0.25, 0.3) is 0 Å². The van der Waals surface area contributed by atoms with Crippen LogP contribution in [0.2, 0.25) is 0 Å². The molecular formula is C16H23NO4. The maximum atomic E-state index is 11.2. The molecule has 21 heavy (non-hydrogen) atoms. The number of aliphatic carboxylic acids is 1. The van der Waals surface area contributed by atoms with E-state index in [1.807, 2.05) is 32.0 Å². The van der Waals surface area contributed by atoms with Gasteiger partial charge < -0.3 is 19.9 Å². The largest absolute Gasteiger partial charge is 0.490 e. The van der Waals surface area contributed by atoms with Crippen LogP contribution in [0.5, 0.6) is 11.5 Å². The average Bonchev–Trinajstić information content (AvgIpc) is 2.73. The van der Waals surface area contributed by atoms with Crippen LogP contribution < -0.4 is 14.8 Å². The number of carboxylic acid groups (broad SMARTS) is 1. The SMILES string of the molecule is CNC(C)(CCOc1cccc2c1OC(C)(C)C2)C(=O)O. The molecule has 2 rings (SSSR count). The van der Waals surface area contributed by atoms with Gasteiger partial charge in [0.05, 0.1) is 6.61 Å². The minimum Gasteiger partial charge on any atom is -0.490 e. The average molecular weight is 293 g/mol. The number of carboxylic acids is 1. The molecule has 2 N–H and O–H groups in total. The molecule has 5 heteroatoms. The molecule has 1 aromatic carbocycles. The summed E-state index contributed by atoms with van der Waals surface area (Å²) in [6.07, 6.45) is 1.22. The first-order valence-corrected chi connectivity index (χ1v) is 7.13. The summed E-state index contributed by atoms with van der Waals surface area (Å²) in [4.78, 5) is 11.2. The molecule has 0 fully saturated rings. The summed E-state index contributed by atoms with van der Waals surface area (Å²) < 4.78 is 11.7. The highest BCUT2D eigenvalue weighted by molar-refractivity contribution is 5.78. The molecule has 0 saturated heterocycles. The van der Waals surface area contributed by atoms with E-state index >= 15 is 0 Å². The van der Waals surface area contributed by atoms with Crippen molar-refractivity contribution in [3.63, 3.8) is 0 Å². The Morgan fingerprint density at radius 2 is 2.24 bits per heavy atom. The topological polar surface area (TPSA) is 67.8 Å². The van der Waals surface area contributed by atoms with E-state index in [2.05, 4.69) is 5.32 Å². The lowest BCUT2D eigenvalue weighted by molar-refractivity contribution is -0.144. The van der Waals surface area contributed by atoms with Crippen molar-refractivity contribution in [3.05, 3.63) is 23.8 Å². The van der Waals surface area contributed by atoms with Crippen LogP contribution >= 0.6 is 0 Å². The van der Waals surface area contributed by atoms with Crippen molar-refractivity contribution in [2.75, 3.05) is 13.7 Å². The van der Waals surface area contributed by atoms with Crippen LogP contribution in [-0.2, 0) is 11.2 Å². The van der Waals surface area contributed by atoms with Crippen molar-refractivity contribution in [3.8, 4) is 11.5 Å². The van der Waals surface area contributed by atoms with Gasteiger partial charge >= 0.3 is 5.97 Å². The molecule has 0 spiro atoms. The monoisotopic (exact) mass is 293 g/mol. The molecule has 0 bridgehead atoms. The Morgan fingerprint density at radius 1 is 1.52 bits per heavy atom. The van der Waals surface area contributed by atoms with Gasteiger partial charge in [-0.3, -0.25) is 4.79 Å². The number of carbonyl (C=O) groups is 1. The Hall–Kier alpha value is -1.75. The van der Waals surface area contributed by atoms with Crippen molar-refractivity contribution in [1.29, 1.82) is 0 Å². The Bertz CT molecular complexity index is 541. The molecule has 1 heterocycles. The number of fused-ring (bicyclic) bond motifs is 1. The lowest BCUT2D eigenvalue weighted by atomic mass is 9.99. The molecule has 0 amide bonds. The van der Waals surface area contributed by atoms with Gasteiger partial charge in [-0.15, -0.1) is 0 Å². The molecule has 1 aliphatic rings. The lowest BCUT2D eigenvalue weighted by Crippen LogP contribution is -2.48. The predicted octanol–water partition coefficient (Wildman–Crippen LogP) is 2.23. The van der Waals surface area contributed by atoms with Crippen LogP contribution in [0.3, 0.4) is 0 Å². The van der Waals surface area contributed by atoms with Gasteiger partial charge in [0.2, 0.25) is 0 Å². The Morgan fingerprint density at radius 3 is 2.86 bits per heavy atom. The van der Waals surface area contributed by atoms with Gasteiger partial charge in [0, 0.05) is 18.4 Å². The second-order valence-electron chi connectivity index (χ2n) is 6.27. The Labute approximate surface area is 125 Å². The van der Waals surface area contributed by atoms with Gasteiger partial charge in [-0.25, -0.2) is 0 Å². The fourth-order valence-corrected chi connectivity index (χ4v) is 2.40. The zero-order valence-electron chi connectivity index (χ0n) is 13.0. The van der Waals surface area contributed by atoms with E-state index < -0.39 is 11.5 Å². The second-order valence-corrected chi connectivity index (χ2v) is 6.27. The molecule has 0 radical (unpaired) electrons. The quantitative estimate of drug-likeness (QED) is 0.842. The van der Waals surface area contributed by atoms with Crippen molar-refractivity contribution >= 4 is 5.97 Å². The van der Waals surface area contributed by atoms with Crippen LogP contribution in [0.1, 0.15) is 32.8 Å². The highest BCUT2D eigenvalue weighted by Crippen LogP contribution is 2.41. The number of para-hydroxylation sites is 1. The number of nitrogens with one attached hydrogen (secondary N) is 1. The number of likely N-dealkylation sites (N-methyl/N-ethyl adjacent to an activating group) is 1. The summed E-state index contributed by atoms with van der Waals surface area (Å²) in [5, 5.41) is 12.0. The fraction of sp³-hybridized carbons (Fsp3) is 0.562. The summed E-state index contributed by atoms with van der Waals surface area (Å²) in [5.74, 6) is 0.579. The maximum Gasteiger partial charge on any atom is 0.323 e. The number of hydrogen-bond donors (Lipinski definition) is 2. The number of ether oxygens (including phenoxy) is 2. The number of rotatable bonds is 6. The summed E-state index contributed by atoms with van der Waals surface area (Å²) in [5.41, 5.74) is -0.0763. The predicted molar refractivity (Wildman–Crippen MR) is 80.1 cm³/mol. The van der Waals surface area contributed by atoms with E-state index in [1.165, 1.54) is 0 Å². The standard InChI is InChI=1S/C16H23NO4/c1-15(2)10-11-6-5-7-12(13(11)21-15)20-9-8-16(3,17-4)14(18)19/h5-7,17H,8-10H2,1-4H3,(H,18,19). The van der Waals surface area contributed by atoms with Gasteiger partial charge in [0.15, 0.2) is 11.5 Å². The minimum atomic E-state index is -0.988. The van der Waals surface area contributed by atoms with Crippen LogP contribution in [0.4, 0.5) is 0 Å². The normalized spacial score (nSPS) is 18.5. The third-order valence-electron chi connectivity index (χ3n) is 3.94. The Balaban J connectivity index is 2.03. The zero-order chi connectivity index (χ0) is 15.7. The van der Waals surface area contributed by atoms with E-state index in [4.69, 9.17) is 9.47 Å². The van der Waals surface area contributed by atoms with Gasteiger partial charge in [-0.2, -0.15) is 0 Å². The van der Waals surface area contributed by atoms with Crippen LogP contribution in [0, 0.1) is 0 Å². The van der Waals surface area contributed by atoms with E-state index in [0.29, 0.717) is 18.8 Å². The first-order chi connectivity index (χ1) is 9.77. The van der Waals surface area contributed by atoms with E-state index in [-0.39, 0.29) is 5.60 Å². The maximum absolute atomic E-state index is 11.2. The van der Waals surface area contributed by atoms with Gasteiger partial charge in [-0.05, 0) is 33.9 Å². The third kappa shape index (κ3) is 3.29. The van der Waals surface area contributed by atoms with E-state index in [1.54, 1.807) is 14.0 Å². The summed E-state index contributed by atoms with van der Waals surface area (Å²) in [6, 6.07) is 5.83. The van der Waals surface area contributed by atoms with E-state index in [9.17, 15) is 9.90 Å². The van der Waals surface area contributed by atoms with Gasteiger partial charge in [-0.1, -0.05) is 12.1 Å². The molecule has 0 aliphatic carbocycles. The summed E-state index contributed by atoms with van der Waals surface area (Å²) >= 11 is 0. The van der Waals surface area contributed by atoms with Crippen LogP contribution in [0.15, 0.2) is 18.2 Å². The van der Waals surface area contributed by atoms with Crippen LogP contribution in [-0.4, -0.2) is 35.9 Å². The molecule has 1 aliphatic heterocycles. The zero-order valence-corrected chi connectivity index (χ0v) is 13.0. The molecule has 5 nitrogen and oxygen atoms in total. The highest BCUT2D eigenvalue weighted by atomic mass is 16.5. The fourth-order valence-electron chi connectivity index (χ4n) is 2.40. The first kappa shape index (κ1) is 15.6. The number of benzene rings is 1. The summed E-state index contributed by atoms with van der Waals surface area (Å²) in [7, 11) is 1.64. The molecule has 1 aromatic rings. The van der Waals surface area contributed by atoms with Crippen molar-refractivity contribution < 1.29 is 19.4 Å². The highest BCUT2D eigenvalue weighted by Gasteiger charge is 2.33. The molecular weight excluding hydrogens is 270 g/mol. The van der Waals surface area contributed by atoms with Crippen molar-refractivity contribution in [2.24, 2.45) is 0 Å². The minimum absolute atomic E-state index is 0.220. The van der Waals surface area contributed by atoms with Crippen molar-refractivity contribution in [2.45, 2.75) is 44.8 Å². The second kappa shape index (κ2) is 5.56.